The molecule has 0 aliphatic heterocycles. The minimum atomic E-state index is 0.124. The van der Waals surface area contributed by atoms with Crippen LogP contribution in [0.5, 0.6) is 0 Å². The first-order valence-corrected chi connectivity index (χ1v) is 8.79. The zero-order valence-corrected chi connectivity index (χ0v) is 13.8. The Morgan fingerprint density at radius 2 is 2.00 bits per heavy atom. The van der Waals surface area contributed by atoms with E-state index < -0.39 is 0 Å². The molecule has 2 aromatic rings. The topological polar surface area (TPSA) is 32.3 Å². The first kappa shape index (κ1) is 15.0. The highest BCUT2D eigenvalue weighted by Gasteiger charge is 2.33. The summed E-state index contributed by atoms with van der Waals surface area (Å²) in [6.07, 6.45) is 4.85. The summed E-state index contributed by atoms with van der Waals surface area (Å²) >= 11 is 1.90. The zero-order chi connectivity index (χ0) is 14.9. The van der Waals surface area contributed by atoms with Crippen molar-refractivity contribution < 1.29 is 5.11 Å². The van der Waals surface area contributed by atoms with Crippen LogP contribution in [0.1, 0.15) is 49.1 Å². The van der Waals surface area contributed by atoms with Crippen LogP contribution in [0.3, 0.4) is 0 Å². The summed E-state index contributed by atoms with van der Waals surface area (Å²) in [5.74, 6) is 0. The lowest BCUT2D eigenvalue weighted by Crippen LogP contribution is -2.36. The van der Waals surface area contributed by atoms with Crippen molar-refractivity contribution in [3.63, 3.8) is 0 Å². The van der Waals surface area contributed by atoms with Crippen molar-refractivity contribution in [3.8, 4) is 0 Å². The predicted octanol–water partition coefficient (Wildman–Crippen LogP) is 4.41. The van der Waals surface area contributed by atoms with Crippen LogP contribution < -0.4 is 5.32 Å². The summed E-state index contributed by atoms with van der Waals surface area (Å²) in [7, 11) is 0. The van der Waals surface area contributed by atoms with Crippen LogP contribution in [-0.2, 0) is 0 Å². The van der Waals surface area contributed by atoms with Crippen LogP contribution in [0, 0.1) is 12.3 Å². The van der Waals surface area contributed by atoms with Crippen molar-refractivity contribution in [1.29, 1.82) is 0 Å². The number of hydrogen-bond donors (Lipinski definition) is 2. The Labute approximate surface area is 131 Å². The molecule has 3 heteroatoms. The minimum absolute atomic E-state index is 0.124. The quantitative estimate of drug-likeness (QED) is 0.857. The van der Waals surface area contributed by atoms with Gasteiger partial charge in [0, 0.05) is 34.2 Å². The third kappa shape index (κ3) is 2.87. The van der Waals surface area contributed by atoms with Crippen LogP contribution in [0.4, 0.5) is 0 Å². The van der Waals surface area contributed by atoms with Crippen molar-refractivity contribution in [2.24, 2.45) is 5.41 Å². The number of aliphatic hydroxyl groups excluding tert-OH is 1. The largest absolute Gasteiger partial charge is 0.396 e. The summed E-state index contributed by atoms with van der Waals surface area (Å²) < 4.78 is 1.37. The monoisotopic (exact) mass is 303 g/mol. The molecule has 3 rings (SSSR count). The normalized spacial score (nSPS) is 19.2. The van der Waals surface area contributed by atoms with Gasteiger partial charge in [-0.25, -0.2) is 0 Å². The third-order valence-electron chi connectivity index (χ3n) is 5.06. The van der Waals surface area contributed by atoms with Gasteiger partial charge < -0.3 is 10.4 Å². The number of hydrogen-bond acceptors (Lipinski definition) is 3. The van der Waals surface area contributed by atoms with Crippen molar-refractivity contribution >= 4 is 21.4 Å². The van der Waals surface area contributed by atoms with Gasteiger partial charge in [0.05, 0.1) is 0 Å². The smallest absolute Gasteiger partial charge is 0.0499 e. The fraction of sp³-hybridized carbons (Fsp3) is 0.556. The number of rotatable bonds is 5. The number of aryl methyl sites for hydroxylation is 1. The highest BCUT2D eigenvalue weighted by Crippen LogP contribution is 2.39. The lowest BCUT2D eigenvalue weighted by atomic mass is 9.87. The Balaban J connectivity index is 1.75. The van der Waals surface area contributed by atoms with Crippen LogP contribution >= 0.6 is 11.3 Å². The number of thiophene rings is 1. The maximum absolute atomic E-state index is 9.73. The molecule has 1 aliphatic rings. The molecule has 1 atom stereocenters. The van der Waals surface area contributed by atoms with Gasteiger partial charge in [-0.15, -0.1) is 11.3 Å². The fourth-order valence-corrected chi connectivity index (χ4v) is 4.82. The molecule has 2 N–H and O–H groups in total. The van der Waals surface area contributed by atoms with E-state index in [0.29, 0.717) is 12.6 Å². The Morgan fingerprint density at radius 3 is 2.67 bits per heavy atom. The second kappa shape index (κ2) is 6.07. The van der Waals surface area contributed by atoms with E-state index >= 15 is 0 Å². The second-order valence-corrected chi connectivity index (χ2v) is 7.64. The molecule has 0 amide bonds. The van der Waals surface area contributed by atoms with Gasteiger partial charge in [-0.05, 0) is 43.7 Å². The molecule has 21 heavy (non-hydrogen) atoms. The summed E-state index contributed by atoms with van der Waals surface area (Å²) in [5, 5.41) is 14.8. The molecular weight excluding hydrogens is 278 g/mol. The van der Waals surface area contributed by atoms with Crippen LogP contribution in [0.15, 0.2) is 24.3 Å². The van der Waals surface area contributed by atoms with E-state index in [4.69, 9.17) is 0 Å². The van der Waals surface area contributed by atoms with Gasteiger partial charge in [0.25, 0.3) is 0 Å². The Kier molecular flexibility index (Phi) is 4.34. The van der Waals surface area contributed by atoms with E-state index in [9.17, 15) is 5.11 Å². The number of aliphatic hydroxyl groups is 1. The first-order chi connectivity index (χ1) is 10.2. The lowest BCUT2D eigenvalue weighted by Gasteiger charge is -2.28. The van der Waals surface area contributed by atoms with Crippen molar-refractivity contribution in [2.75, 3.05) is 13.2 Å². The van der Waals surface area contributed by atoms with Crippen LogP contribution in [-0.4, -0.2) is 18.3 Å². The first-order valence-electron chi connectivity index (χ1n) is 7.97. The standard InChI is InChI=1S/C18H25NOS/c1-13-15-7-3-4-8-16(15)21-17(13)14(2)19-11-18(12-20)9-5-6-10-18/h3-4,7-8,14,19-20H,5-6,9-12H2,1-2H3. The number of nitrogens with one attached hydrogen (secondary N) is 1. The highest BCUT2D eigenvalue weighted by atomic mass is 32.1. The van der Waals surface area contributed by atoms with E-state index in [-0.39, 0.29) is 5.41 Å². The molecule has 1 fully saturated rings. The average Bonchev–Trinajstić information content (AvgIpc) is 3.11. The van der Waals surface area contributed by atoms with Gasteiger partial charge in [-0.2, -0.15) is 0 Å². The number of fused-ring (bicyclic) bond motifs is 1. The minimum Gasteiger partial charge on any atom is -0.396 e. The molecule has 1 aromatic heterocycles. The Morgan fingerprint density at radius 1 is 1.29 bits per heavy atom. The molecule has 0 radical (unpaired) electrons. The number of benzene rings is 1. The summed E-state index contributed by atoms with van der Waals surface area (Å²) in [6, 6.07) is 8.99. The van der Waals surface area contributed by atoms with E-state index in [2.05, 4.69) is 43.4 Å². The maximum Gasteiger partial charge on any atom is 0.0499 e. The SMILES string of the molecule is Cc1c(C(C)NCC2(CO)CCCC2)sc2ccccc12. The molecule has 1 saturated carbocycles. The van der Waals surface area contributed by atoms with Crippen molar-refractivity contribution in [2.45, 2.75) is 45.6 Å². The van der Waals surface area contributed by atoms with E-state index in [0.717, 1.165) is 19.4 Å². The Hall–Kier alpha value is -0.900. The second-order valence-electron chi connectivity index (χ2n) is 6.56. The summed E-state index contributed by atoms with van der Waals surface area (Å²) in [6.45, 7) is 5.72. The average molecular weight is 303 g/mol. The van der Waals surface area contributed by atoms with Gasteiger partial charge in [-0.1, -0.05) is 31.0 Å². The van der Waals surface area contributed by atoms with Crippen LogP contribution in [0.25, 0.3) is 10.1 Å². The molecule has 1 heterocycles. The van der Waals surface area contributed by atoms with Gasteiger partial charge in [0.15, 0.2) is 0 Å². The molecule has 0 spiro atoms. The van der Waals surface area contributed by atoms with Crippen LogP contribution in [0.2, 0.25) is 0 Å². The van der Waals surface area contributed by atoms with E-state index in [1.165, 1.54) is 33.4 Å². The molecular formula is C18H25NOS. The van der Waals surface area contributed by atoms with Gasteiger partial charge >= 0.3 is 0 Å². The van der Waals surface area contributed by atoms with Crippen molar-refractivity contribution in [3.05, 3.63) is 34.7 Å². The fourth-order valence-electron chi connectivity index (χ4n) is 3.58. The molecule has 1 aromatic carbocycles. The van der Waals surface area contributed by atoms with Gasteiger partial charge in [0.1, 0.15) is 0 Å². The predicted molar refractivity (Wildman–Crippen MR) is 91.0 cm³/mol. The molecule has 2 nitrogen and oxygen atoms in total. The van der Waals surface area contributed by atoms with Crippen molar-refractivity contribution in [1.82, 2.24) is 5.32 Å². The highest BCUT2D eigenvalue weighted by molar-refractivity contribution is 7.19. The summed E-state index contributed by atoms with van der Waals surface area (Å²) in [4.78, 5) is 1.43. The maximum atomic E-state index is 9.73. The van der Waals surface area contributed by atoms with E-state index in [1.807, 2.05) is 11.3 Å². The van der Waals surface area contributed by atoms with Gasteiger partial charge in [-0.3, -0.25) is 0 Å². The molecule has 0 saturated heterocycles. The lowest BCUT2D eigenvalue weighted by molar-refractivity contribution is 0.125. The third-order valence-corrected chi connectivity index (χ3v) is 6.51. The summed E-state index contributed by atoms with van der Waals surface area (Å²) in [5.41, 5.74) is 1.53. The van der Waals surface area contributed by atoms with Gasteiger partial charge in [0.2, 0.25) is 0 Å². The zero-order valence-electron chi connectivity index (χ0n) is 13.0. The molecule has 114 valence electrons. The Bertz CT molecular complexity index is 613. The molecule has 0 bridgehead atoms. The molecule has 1 unspecified atom stereocenters. The van der Waals surface area contributed by atoms with E-state index in [1.54, 1.807) is 0 Å². The molecule has 1 aliphatic carbocycles.